The summed E-state index contributed by atoms with van der Waals surface area (Å²) >= 11 is 0. The van der Waals surface area contributed by atoms with Crippen LogP contribution in [0.3, 0.4) is 0 Å². The molecule has 2 aromatic heterocycles. The molecule has 2 aromatic carbocycles. The van der Waals surface area contributed by atoms with Crippen molar-refractivity contribution in [1.29, 1.82) is 0 Å². The van der Waals surface area contributed by atoms with Gasteiger partial charge in [0.25, 0.3) is 0 Å². The number of benzene rings is 2. The van der Waals surface area contributed by atoms with E-state index in [1.54, 1.807) is 0 Å². The van der Waals surface area contributed by atoms with Gasteiger partial charge >= 0.3 is 0 Å². The largest absolute Gasteiger partial charge is 0.364 e. The topological polar surface area (TPSA) is 31.6 Å². The minimum atomic E-state index is 0.222. The quantitative estimate of drug-likeness (QED) is 0.275. The lowest BCUT2D eigenvalue weighted by Gasteiger charge is -2.19. The van der Waals surface area contributed by atoms with Gasteiger partial charge in [0.15, 0.2) is 0 Å². The zero-order chi connectivity index (χ0) is 23.6. The molecule has 1 saturated carbocycles. The van der Waals surface area contributed by atoms with Gasteiger partial charge in [-0.2, -0.15) is 0 Å². The number of para-hydroxylation sites is 1. The first-order valence-corrected chi connectivity index (χ1v) is 12.1. The number of aromatic amines is 2. The molecule has 2 heterocycles. The SMILES string of the molecule is CC(C)(C)c1c[nH]c2c1C=CC1CC21.CC(C)(C)c1c[nH]c2ccccc12.c1ccccc1. The van der Waals surface area contributed by atoms with Crippen LogP contribution in [0.25, 0.3) is 17.0 Å². The van der Waals surface area contributed by atoms with E-state index >= 15 is 0 Å². The second-order valence-electron chi connectivity index (χ2n) is 11.3. The summed E-state index contributed by atoms with van der Waals surface area (Å²) < 4.78 is 0. The maximum Gasteiger partial charge on any atom is 0.0456 e. The van der Waals surface area contributed by atoms with E-state index in [0.717, 1.165) is 11.8 Å². The standard InChI is InChI=1S/C13H17N.C12H15N.C6H6/c1-13(2,3)11-7-14-12-9(11)5-4-8-6-10(8)12;1-12(2,3)10-8-13-11-7-5-4-6-9(10)11;1-2-4-6-5-3-1/h4-5,7-8,10,14H,6H2,1-3H3;4-8,13H,1-3H3;1-6H. The monoisotopic (exact) mass is 438 g/mol. The highest BCUT2D eigenvalue weighted by Crippen LogP contribution is 2.53. The summed E-state index contributed by atoms with van der Waals surface area (Å²) in [7, 11) is 0. The van der Waals surface area contributed by atoms with Crippen LogP contribution in [0.2, 0.25) is 0 Å². The first-order valence-electron chi connectivity index (χ1n) is 12.1. The smallest absolute Gasteiger partial charge is 0.0456 e. The minimum Gasteiger partial charge on any atom is -0.364 e. The van der Waals surface area contributed by atoms with E-state index in [-0.39, 0.29) is 10.8 Å². The van der Waals surface area contributed by atoms with Gasteiger partial charge in [0.05, 0.1) is 0 Å². The molecule has 2 aliphatic rings. The van der Waals surface area contributed by atoms with Gasteiger partial charge in [0.1, 0.15) is 0 Å². The third-order valence-electron chi connectivity index (χ3n) is 6.54. The van der Waals surface area contributed by atoms with Crippen LogP contribution in [0.15, 0.2) is 79.1 Å². The molecule has 0 aliphatic heterocycles. The zero-order valence-electron chi connectivity index (χ0n) is 20.9. The average Bonchev–Trinajstić information content (AvgIpc) is 3.23. The van der Waals surface area contributed by atoms with Crippen molar-refractivity contribution in [3.05, 3.63) is 102 Å². The second-order valence-corrected chi connectivity index (χ2v) is 11.3. The first-order chi connectivity index (χ1) is 15.7. The molecule has 2 heteroatoms. The highest BCUT2D eigenvalue weighted by Gasteiger charge is 2.41. The normalized spacial score (nSPS) is 18.4. The van der Waals surface area contributed by atoms with E-state index in [9.17, 15) is 0 Å². The van der Waals surface area contributed by atoms with Crippen LogP contribution >= 0.6 is 0 Å². The van der Waals surface area contributed by atoms with E-state index < -0.39 is 0 Å². The summed E-state index contributed by atoms with van der Waals surface area (Å²) in [4.78, 5) is 6.77. The van der Waals surface area contributed by atoms with E-state index in [1.807, 2.05) is 36.4 Å². The summed E-state index contributed by atoms with van der Waals surface area (Å²) in [5.74, 6) is 1.65. The number of hydrogen-bond acceptors (Lipinski definition) is 0. The van der Waals surface area contributed by atoms with Crippen molar-refractivity contribution in [2.24, 2.45) is 5.92 Å². The Kier molecular flexibility index (Phi) is 6.38. The predicted molar refractivity (Wildman–Crippen MR) is 143 cm³/mol. The molecule has 33 heavy (non-hydrogen) atoms. The number of fused-ring (bicyclic) bond motifs is 4. The molecule has 0 bridgehead atoms. The molecular weight excluding hydrogens is 400 g/mol. The molecule has 4 aromatic rings. The van der Waals surface area contributed by atoms with Crippen LogP contribution in [0, 0.1) is 5.92 Å². The molecule has 172 valence electrons. The summed E-state index contributed by atoms with van der Waals surface area (Å²) in [5.41, 5.74) is 7.53. The lowest BCUT2D eigenvalue weighted by molar-refractivity contribution is 0.589. The molecule has 0 radical (unpaired) electrons. The minimum absolute atomic E-state index is 0.222. The van der Waals surface area contributed by atoms with Crippen molar-refractivity contribution in [2.45, 2.75) is 64.7 Å². The van der Waals surface area contributed by atoms with Gasteiger partial charge in [-0.05, 0) is 45.9 Å². The van der Waals surface area contributed by atoms with Gasteiger partial charge in [-0.15, -0.1) is 0 Å². The molecular formula is C31H38N2. The van der Waals surface area contributed by atoms with Crippen molar-refractivity contribution in [3.8, 4) is 0 Å². The third-order valence-corrected chi connectivity index (χ3v) is 6.54. The second kappa shape index (κ2) is 9.09. The molecule has 6 rings (SSSR count). The summed E-state index contributed by atoms with van der Waals surface area (Å²) in [6.45, 7) is 13.6. The Morgan fingerprint density at radius 3 is 1.88 bits per heavy atom. The van der Waals surface area contributed by atoms with E-state index in [1.165, 1.54) is 39.7 Å². The Labute approximate surface area is 199 Å². The van der Waals surface area contributed by atoms with Crippen molar-refractivity contribution < 1.29 is 0 Å². The maximum absolute atomic E-state index is 3.47. The van der Waals surface area contributed by atoms with Crippen LogP contribution in [0.1, 0.15) is 76.3 Å². The van der Waals surface area contributed by atoms with Crippen molar-refractivity contribution in [2.75, 3.05) is 0 Å². The third kappa shape index (κ3) is 5.33. The zero-order valence-corrected chi connectivity index (χ0v) is 20.9. The molecule has 2 atom stereocenters. The van der Waals surface area contributed by atoms with Crippen LogP contribution in [0.4, 0.5) is 0 Å². The maximum atomic E-state index is 3.47. The van der Waals surface area contributed by atoms with Gasteiger partial charge in [-0.3, -0.25) is 0 Å². The Hall–Kier alpha value is -3.00. The number of H-pyrrole nitrogens is 2. The summed E-state index contributed by atoms with van der Waals surface area (Å²) in [5, 5.41) is 1.34. The summed E-state index contributed by atoms with van der Waals surface area (Å²) in [6, 6.07) is 20.4. The molecule has 0 saturated heterocycles. The lowest BCUT2D eigenvalue weighted by atomic mass is 9.84. The average molecular weight is 439 g/mol. The number of hydrogen-bond donors (Lipinski definition) is 2. The fourth-order valence-electron chi connectivity index (χ4n) is 4.61. The van der Waals surface area contributed by atoms with Crippen LogP contribution in [-0.4, -0.2) is 9.97 Å². The summed E-state index contributed by atoms with van der Waals surface area (Å²) in [6.07, 6.45) is 10.4. The van der Waals surface area contributed by atoms with Crippen LogP contribution in [0.5, 0.6) is 0 Å². The van der Waals surface area contributed by atoms with Crippen molar-refractivity contribution >= 4 is 17.0 Å². The molecule has 0 spiro atoms. The van der Waals surface area contributed by atoms with Crippen molar-refractivity contribution in [3.63, 3.8) is 0 Å². The van der Waals surface area contributed by atoms with Gasteiger partial charge in [0.2, 0.25) is 0 Å². The van der Waals surface area contributed by atoms with Gasteiger partial charge in [-0.1, -0.05) is 108 Å². The Morgan fingerprint density at radius 1 is 0.697 bits per heavy atom. The fourth-order valence-corrected chi connectivity index (χ4v) is 4.61. The number of nitrogens with one attached hydrogen (secondary N) is 2. The fraction of sp³-hybridized carbons (Fsp3) is 0.355. The molecule has 2 unspecified atom stereocenters. The molecule has 2 N–H and O–H groups in total. The Morgan fingerprint density at radius 2 is 1.27 bits per heavy atom. The highest BCUT2D eigenvalue weighted by atomic mass is 14.7. The van der Waals surface area contributed by atoms with E-state index in [4.69, 9.17) is 0 Å². The van der Waals surface area contributed by atoms with Gasteiger partial charge in [0, 0.05) is 34.9 Å². The molecule has 2 aliphatic carbocycles. The molecule has 0 amide bonds. The van der Waals surface area contributed by atoms with Gasteiger partial charge in [-0.25, -0.2) is 0 Å². The molecule has 2 nitrogen and oxygen atoms in total. The lowest BCUT2D eigenvalue weighted by Crippen LogP contribution is -2.11. The van der Waals surface area contributed by atoms with Gasteiger partial charge < -0.3 is 9.97 Å². The van der Waals surface area contributed by atoms with Crippen molar-refractivity contribution in [1.82, 2.24) is 9.97 Å². The van der Waals surface area contributed by atoms with E-state index in [0.29, 0.717) is 0 Å². The molecule has 1 fully saturated rings. The van der Waals surface area contributed by atoms with Crippen LogP contribution < -0.4 is 0 Å². The van der Waals surface area contributed by atoms with Crippen LogP contribution in [-0.2, 0) is 10.8 Å². The number of aromatic nitrogens is 2. The predicted octanol–water partition coefficient (Wildman–Crippen LogP) is 8.59. The Bertz CT molecular complexity index is 1180. The van der Waals surface area contributed by atoms with E-state index in [2.05, 4.69) is 100 Å². The first kappa shape index (κ1) is 23.2. The number of rotatable bonds is 0. The number of allylic oxidation sites excluding steroid dienone is 1. The Balaban J connectivity index is 0.000000127. The highest BCUT2D eigenvalue weighted by molar-refractivity contribution is 5.84.